The SMILES string of the molecule is COC(=O)c1cc(N)cnc1N(C)C1CCN(C)CC1. The molecule has 1 aromatic heterocycles. The number of hydrogen-bond acceptors (Lipinski definition) is 6. The minimum atomic E-state index is -0.403. The van der Waals surface area contributed by atoms with Gasteiger partial charge in [-0.25, -0.2) is 9.78 Å². The first-order valence-electron chi connectivity index (χ1n) is 6.78. The van der Waals surface area contributed by atoms with Gasteiger partial charge < -0.3 is 20.3 Å². The van der Waals surface area contributed by atoms with Gasteiger partial charge in [-0.05, 0) is 39.0 Å². The van der Waals surface area contributed by atoms with Crippen LogP contribution in [0.1, 0.15) is 23.2 Å². The molecule has 6 heteroatoms. The number of nitrogens with two attached hydrogens (primary N) is 1. The minimum absolute atomic E-state index is 0.380. The number of carbonyl (C=O) groups excluding carboxylic acids is 1. The molecule has 110 valence electrons. The van der Waals surface area contributed by atoms with Crippen molar-refractivity contribution in [1.82, 2.24) is 9.88 Å². The zero-order chi connectivity index (χ0) is 14.7. The number of likely N-dealkylation sites (tertiary alicyclic amines) is 1. The molecule has 1 saturated heterocycles. The van der Waals surface area contributed by atoms with Crippen molar-refractivity contribution in [3.05, 3.63) is 17.8 Å². The van der Waals surface area contributed by atoms with Gasteiger partial charge in [-0.2, -0.15) is 0 Å². The average Bonchev–Trinajstić information content (AvgIpc) is 2.46. The van der Waals surface area contributed by atoms with Gasteiger partial charge in [-0.3, -0.25) is 0 Å². The first-order chi connectivity index (χ1) is 9.52. The van der Waals surface area contributed by atoms with Gasteiger partial charge in [0.25, 0.3) is 0 Å². The summed E-state index contributed by atoms with van der Waals surface area (Å²) in [6.45, 7) is 2.11. The van der Waals surface area contributed by atoms with Crippen LogP contribution < -0.4 is 10.6 Å². The highest BCUT2D eigenvalue weighted by Crippen LogP contribution is 2.25. The summed E-state index contributed by atoms with van der Waals surface area (Å²) in [4.78, 5) is 20.6. The molecular weight excluding hydrogens is 256 g/mol. The Morgan fingerprint density at radius 1 is 1.50 bits per heavy atom. The zero-order valence-corrected chi connectivity index (χ0v) is 12.3. The molecule has 2 heterocycles. The Morgan fingerprint density at radius 3 is 2.75 bits per heavy atom. The van der Waals surface area contributed by atoms with Gasteiger partial charge in [0, 0.05) is 13.1 Å². The van der Waals surface area contributed by atoms with Crippen LogP contribution in [0.4, 0.5) is 11.5 Å². The molecule has 0 spiro atoms. The molecule has 0 atom stereocenters. The molecule has 0 bridgehead atoms. The molecule has 2 rings (SSSR count). The quantitative estimate of drug-likeness (QED) is 0.831. The van der Waals surface area contributed by atoms with E-state index in [0.29, 0.717) is 23.1 Å². The fraction of sp³-hybridized carbons (Fsp3) is 0.571. The lowest BCUT2D eigenvalue weighted by molar-refractivity contribution is 0.0601. The minimum Gasteiger partial charge on any atom is -0.465 e. The molecule has 1 aliphatic heterocycles. The maximum atomic E-state index is 11.9. The van der Waals surface area contributed by atoms with E-state index in [9.17, 15) is 4.79 Å². The molecule has 1 aliphatic rings. The highest BCUT2D eigenvalue weighted by molar-refractivity contribution is 5.95. The number of nitrogen functional groups attached to an aromatic ring is 1. The summed E-state index contributed by atoms with van der Waals surface area (Å²) < 4.78 is 4.82. The summed E-state index contributed by atoms with van der Waals surface area (Å²) in [6.07, 6.45) is 3.69. The van der Waals surface area contributed by atoms with E-state index >= 15 is 0 Å². The third-order valence-corrected chi connectivity index (χ3v) is 3.86. The number of ether oxygens (including phenoxy) is 1. The summed E-state index contributed by atoms with van der Waals surface area (Å²) in [5.41, 5.74) is 6.61. The van der Waals surface area contributed by atoms with Crippen LogP contribution in [0.15, 0.2) is 12.3 Å². The number of hydrogen-bond donors (Lipinski definition) is 1. The molecule has 0 amide bonds. The predicted octanol–water partition coefficient (Wildman–Crippen LogP) is 0.981. The van der Waals surface area contributed by atoms with Gasteiger partial charge in [-0.1, -0.05) is 0 Å². The number of rotatable bonds is 3. The molecule has 1 aromatic rings. The second-order valence-corrected chi connectivity index (χ2v) is 5.28. The summed E-state index contributed by atoms with van der Waals surface area (Å²) in [5, 5.41) is 0. The standard InChI is InChI=1S/C14H22N4O2/c1-17-6-4-11(5-7-17)18(2)13-12(14(19)20-3)8-10(15)9-16-13/h8-9,11H,4-7,15H2,1-3H3. The Hall–Kier alpha value is -1.82. The second kappa shape index (κ2) is 6.09. The van der Waals surface area contributed by atoms with Crippen LogP contribution in [0.25, 0.3) is 0 Å². The Bertz CT molecular complexity index is 484. The molecule has 0 saturated carbocycles. The van der Waals surface area contributed by atoms with Crippen LogP contribution in [0, 0.1) is 0 Å². The summed E-state index contributed by atoms with van der Waals surface area (Å²) >= 11 is 0. The van der Waals surface area contributed by atoms with E-state index in [-0.39, 0.29) is 0 Å². The summed E-state index contributed by atoms with van der Waals surface area (Å²) in [7, 11) is 5.46. The van der Waals surface area contributed by atoms with Gasteiger partial charge in [0.05, 0.1) is 19.0 Å². The molecule has 0 aliphatic carbocycles. The van der Waals surface area contributed by atoms with Gasteiger partial charge in [0.2, 0.25) is 0 Å². The summed E-state index contributed by atoms with van der Waals surface area (Å²) in [6, 6.07) is 2.00. The van der Waals surface area contributed by atoms with Crippen molar-refractivity contribution in [3.63, 3.8) is 0 Å². The van der Waals surface area contributed by atoms with Crippen LogP contribution in [-0.4, -0.2) is 56.2 Å². The number of anilines is 2. The van der Waals surface area contributed by atoms with Crippen molar-refractivity contribution < 1.29 is 9.53 Å². The normalized spacial score (nSPS) is 16.9. The number of aromatic nitrogens is 1. The van der Waals surface area contributed by atoms with E-state index in [2.05, 4.69) is 21.8 Å². The molecule has 6 nitrogen and oxygen atoms in total. The number of esters is 1. The topological polar surface area (TPSA) is 71.7 Å². The second-order valence-electron chi connectivity index (χ2n) is 5.28. The van der Waals surface area contributed by atoms with Crippen molar-refractivity contribution in [3.8, 4) is 0 Å². The third kappa shape index (κ3) is 3.01. The lowest BCUT2D eigenvalue weighted by Gasteiger charge is -2.36. The Kier molecular flexibility index (Phi) is 4.44. The van der Waals surface area contributed by atoms with Crippen molar-refractivity contribution in [2.45, 2.75) is 18.9 Å². The van der Waals surface area contributed by atoms with Gasteiger partial charge >= 0.3 is 5.97 Å². The lowest BCUT2D eigenvalue weighted by atomic mass is 10.0. The fourth-order valence-corrected chi connectivity index (χ4v) is 2.57. The number of piperidine rings is 1. The number of nitrogens with zero attached hydrogens (tertiary/aromatic N) is 3. The molecular formula is C14H22N4O2. The largest absolute Gasteiger partial charge is 0.465 e. The Morgan fingerprint density at radius 2 is 2.15 bits per heavy atom. The maximum absolute atomic E-state index is 11.9. The smallest absolute Gasteiger partial charge is 0.341 e. The van der Waals surface area contributed by atoms with E-state index in [4.69, 9.17) is 10.5 Å². The van der Waals surface area contributed by atoms with Gasteiger partial charge in [-0.15, -0.1) is 0 Å². The van der Waals surface area contributed by atoms with Crippen LogP contribution in [0.3, 0.4) is 0 Å². The Balaban J connectivity index is 2.25. The third-order valence-electron chi connectivity index (χ3n) is 3.86. The van der Waals surface area contributed by atoms with E-state index in [1.54, 1.807) is 12.3 Å². The molecule has 1 fully saturated rings. The molecule has 0 radical (unpaired) electrons. The van der Waals surface area contributed by atoms with E-state index in [1.807, 2.05) is 7.05 Å². The molecule has 0 unspecified atom stereocenters. The lowest BCUT2D eigenvalue weighted by Crippen LogP contribution is -2.42. The predicted molar refractivity (Wildman–Crippen MR) is 78.9 cm³/mol. The Labute approximate surface area is 119 Å². The van der Waals surface area contributed by atoms with Gasteiger partial charge in [0.15, 0.2) is 0 Å². The van der Waals surface area contributed by atoms with Crippen molar-refractivity contribution in [1.29, 1.82) is 0 Å². The highest BCUT2D eigenvalue weighted by Gasteiger charge is 2.25. The summed E-state index contributed by atoms with van der Waals surface area (Å²) in [5.74, 6) is 0.236. The van der Waals surface area contributed by atoms with Crippen molar-refractivity contribution >= 4 is 17.5 Å². The van der Waals surface area contributed by atoms with Crippen LogP contribution in [0.5, 0.6) is 0 Å². The van der Waals surface area contributed by atoms with Crippen LogP contribution in [0.2, 0.25) is 0 Å². The highest BCUT2D eigenvalue weighted by atomic mass is 16.5. The molecule has 2 N–H and O–H groups in total. The zero-order valence-electron chi connectivity index (χ0n) is 12.3. The molecule has 20 heavy (non-hydrogen) atoms. The fourth-order valence-electron chi connectivity index (χ4n) is 2.57. The monoisotopic (exact) mass is 278 g/mol. The first-order valence-corrected chi connectivity index (χ1v) is 6.78. The maximum Gasteiger partial charge on any atom is 0.341 e. The number of pyridine rings is 1. The van der Waals surface area contributed by atoms with Crippen molar-refractivity contribution in [2.24, 2.45) is 0 Å². The number of methoxy groups -OCH3 is 1. The van der Waals surface area contributed by atoms with Crippen LogP contribution in [-0.2, 0) is 4.74 Å². The molecule has 0 aromatic carbocycles. The van der Waals surface area contributed by atoms with E-state index < -0.39 is 5.97 Å². The van der Waals surface area contributed by atoms with Gasteiger partial charge in [0.1, 0.15) is 11.4 Å². The van der Waals surface area contributed by atoms with E-state index in [0.717, 1.165) is 25.9 Å². The average molecular weight is 278 g/mol. The van der Waals surface area contributed by atoms with Crippen LogP contribution >= 0.6 is 0 Å². The van der Waals surface area contributed by atoms with Crippen molar-refractivity contribution in [2.75, 3.05) is 44.9 Å². The first kappa shape index (κ1) is 14.6. The van der Waals surface area contributed by atoms with E-state index in [1.165, 1.54) is 7.11 Å². The number of carbonyl (C=O) groups is 1.